The van der Waals surface area contributed by atoms with Crippen LogP contribution in [-0.2, 0) is 14.4 Å². The first-order valence-electron chi connectivity index (χ1n) is 9.86. The quantitative estimate of drug-likeness (QED) is 0.503. The van der Waals surface area contributed by atoms with E-state index in [1.807, 2.05) is 0 Å². The van der Waals surface area contributed by atoms with E-state index in [-0.39, 0.29) is 23.7 Å². The molecule has 0 aliphatic carbocycles. The number of nitrogens with one attached hydrogen (secondary N) is 1. The molecule has 1 aliphatic heterocycles. The van der Waals surface area contributed by atoms with Crippen molar-refractivity contribution in [3.63, 3.8) is 0 Å². The number of hydrogen-bond acceptors (Lipinski definition) is 6. The van der Waals surface area contributed by atoms with E-state index < -0.39 is 29.9 Å². The molecule has 4 amide bonds. The van der Waals surface area contributed by atoms with Crippen molar-refractivity contribution in [2.24, 2.45) is 0 Å². The zero-order valence-electron chi connectivity index (χ0n) is 17.7. The zero-order valence-corrected chi connectivity index (χ0v) is 17.7. The normalized spacial score (nSPS) is 16.0. The van der Waals surface area contributed by atoms with Gasteiger partial charge in [0.1, 0.15) is 5.57 Å². The Morgan fingerprint density at radius 3 is 2.53 bits per heavy atom. The number of carbonyl (C=O) groups excluding carboxylic acids is 3. The molecule has 2 N–H and O–H groups in total. The van der Waals surface area contributed by atoms with Crippen LogP contribution in [0.4, 0.5) is 10.5 Å². The van der Waals surface area contributed by atoms with Gasteiger partial charge in [-0.05, 0) is 56.2 Å². The molecule has 0 bridgehead atoms. The molecule has 2 aromatic carbocycles. The molecule has 3 rings (SSSR count). The number of ether oxygens (including phenoxy) is 2. The first-order valence-corrected chi connectivity index (χ1v) is 9.86. The zero-order chi connectivity index (χ0) is 23.4. The van der Waals surface area contributed by atoms with Crippen molar-refractivity contribution >= 4 is 35.6 Å². The highest BCUT2D eigenvalue weighted by Gasteiger charge is 2.37. The molecule has 9 nitrogen and oxygen atoms in total. The van der Waals surface area contributed by atoms with E-state index >= 15 is 0 Å². The van der Waals surface area contributed by atoms with Crippen LogP contribution in [0, 0.1) is 6.92 Å². The number of carbonyl (C=O) groups is 4. The van der Waals surface area contributed by atoms with Crippen LogP contribution in [0.5, 0.6) is 11.5 Å². The summed E-state index contributed by atoms with van der Waals surface area (Å²) in [6.07, 6.45) is 0.236. The third kappa shape index (κ3) is 4.61. The van der Waals surface area contributed by atoms with Crippen LogP contribution in [0.2, 0.25) is 0 Å². The van der Waals surface area contributed by atoms with Crippen LogP contribution in [-0.4, -0.2) is 41.6 Å². The van der Waals surface area contributed by atoms with E-state index in [4.69, 9.17) is 14.6 Å². The summed E-state index contributed by atoms with van der Waals surface area (Å²) in [4.78, 5) is 49.8. The van der Waals surface area contributed by atoms with Gasteiger partial charge in [0.15, 0.2) is 17.6 Å². The van der Waals surface area contributed by atoms with E-state index in [1.165, 1.54) is 25.1 Å². The summed E-state index contributed by atoms with van der Waals surface area (Å²) >= 11 is 0. The van der Waals surface area contributed by atoms with Crippen molar-refractivity contribution in [1.82, 2.24) is 5.32 Å². The van der Waals surface area contributed by atoms with Crippen molar-refractivity contribution < 1.29 is 33.8 Å². The van der Waals surface area contributed by atoms with E-state index in [9.17, 15) is 19.2 Å². The molecule has 9 heteroatoms. The average molecular weight is 438 g/mol. The standard InChI is InChI=1S/C23H22N2O7/c1-4-31-19-12-15(9-10-18(19)32-14(3)22(28)29)11-16-20(26)24-23(30)25(21(16)27)17-8-6-5-7-13(17)2/h5-12,14H,4H2,1-3H3,(H,28,29)(H,24,26,30)/b16-11+/t14-/m0/s1. The van der Waals surface area contributed by atoms with Gasteiger partial charge in [0, 0.05) is 0 Å². The number of amides is 4. The molecule has 2 aromatic rings. The number of hydrogen-bond donors (Lipinski definition) is 2. The largest absolute Gasteiger partial charge is 0.490 e. The predicted octanol–water partition coefficient (Wildman–Crippen LogP) is 2.91. The molecule has 1 saturated heterocycles. The molecule has 0 saturated carbocycles. The highest BCUT2D eigenvalue weighted by atomic mass is 16.5. The lowest BCUT2D eigenvalue weighted by Gasteiger charge is -2.27. The second-order valence-electron chi connectivity index (χ2n) is 6.98. The van der Waals surface area contributed by atoms with Crippen LogP contribution in [0.25, 0.3) is 6.08 Å². The Morgan fingerprint density at radius 1 is 1.16 bits per heavy atom. The maximum atomic E-state index is 13.1. The smallest absolute Gasteiger partial charge is 0.344 e. The molecule has 32 heavy (non-hydrogen) atoms. The molecule has 1 atom stereocenters. The monoisotopic (exact) mass is 438 g/mol. The Labute approximate surface area is 184 Å². The van der Waals surface area contributed by atoms with Crippen molar-refractivity contribution in [1.29, 1.82) is 0 Å². The fourth-order valence-electron chi connectivity index (χ4n) is 3.08. The lowest BCUT2D eigenvalue weighted by molar-refractivity contribution is -0.144. The highest BCUT2D eigenvalue weighted by molar-refractivity contribution is 6.39. The van der Waals surface area contributed by atoms with Gasteiger partial charge in [0.25, 0.3) is 11.8 Å². The van der Waals surface area contributed by atoms with Crippen LogP contribution >= 0.6 is 0 Å². The first kappa shape index (κ1) is 22.5. The number of nitrogens with zero attached hydrogens (tertiary/aromatic N) is 1. The van der Waals surface area contributed by atoms with E-state index in [1.54, 1.807) is 44.2 Å². The minimum absolute atomic E-state index is 0.208. The number of anilines is 1. The van der Waals surface area contributed by atoms with Crippen LogP contribution < -0.4 is 19.7 Å². The molecule has 1 fully saturated rings. The minimum atomic E-state index is -1.14. The number of aliphatic carboxylic acids is 1. The summed E-state index contributed by atoms with van der Waals surface area (Å²) in [7, 11) is 0. The number of imide groups is 2. The summed E-state index contributed by atoms with van der Waals surface area (Å²) in [5.41, 5.74) is 1.26. The Balaban J connectivity index is 1.98. The number of rotatable bonds is 7. The predicted molar refractivity (Wildman–Crippen MR) is 116 cm³/mol. The number of carboxylic acids is 1. The molecular weight excluding hydrogens is 416 g/mol. The number of carboxylic acid groups (broad SMARTS) is 1. The van der Waals surface area contributed by atoms with Gasteiger partial charge in [0.2, 0.25) is 0 Å². The number of para-hydroxylation sites is 1. The van der Waals surface area contributed by atoms with Crippen molar-refractivity contribution in [2.45, 2.75) is 26.9 Å². The van der Waals surface area contributed by atoms with Gasteiger partial charge >= 0.3 is 12.0 Å². The fraction of sp³-hybridized carbons (Fsp3) is 0.217. The highest BCUT2D eigenvalue weighted by Crippen LogP contribution is 2.31. The Hall–Kier alpha value is -4.14. The van der Waals surface area contributed by atoms with Crippen molar-refractivity contribution in [3.8, 4) is 11.5 Å². The third-order valence-corrected chi connectivity index (χ3v) is 4.69. The summed E-state index contributed by atoms with van der Waals surface area (Å²) in [6, 6.07) is 10.6. The molecule has 166 valence electrons. The summed E-state index contributed by atoms with van der Waals surface area (Å²) in [6.45, 7) is 5.17. The van der Waals surface area contributed by atoms with Gasteiger partial charge in [-0.15, -0.1) is 0 Å². The Morgan fingerprint density at radius 2 is 1.88 bits per heavy atom. The molecular formula is C23H22N2O7. The van der Waals surface area contributed by atoms with Crippen molar-refractivity contribution in [2.75, 3.05) is 11.5 Å². The fourth-order valence-corrected chi connectivity index (χ4v) is 3.08. The van der Waals surface area contributed by atoms with Gasteiger partial charge in [-0.2, -0.15) is 0 Å². The van der Waals surface area contributed by atoms with Crippen LogP contribution in [0.15, 0.2) is 48.0 Å². The number of barbiturate groups is 1. The van der Waals surface area contributed by atoms with Gasteiger partial charge in [-0.1, -0.05) is 24.3 Å². The summed E-state index contributed by atoms with van der Waals surface area (Å²) in [5, 5.41) is 11.2. The minimum Gasteiger partial charge on any atom is -0.490 e. The first-order chi connectivity index (χ1) is 15.2. The van der Waals surface area contributed by atoms with Gasteiger partial charge in [-0.3, -0.25) is 14.9 Å². The summed E-state index contributed by atoms with van der Waals surface area (Å²) < 4.78 is 10.9. The molecule has 0 radical (unpaired) electrons. The number of urea groups is 1. The molecule has 0 unspecified atom stereocenters. The average Bonchev–Trinajstić information content (AvgIpc) is 2.74. The second-order valence-corrected chi connectivity index (χ2v) is 6.98. The Kier molecular flexibility index (Phi) is 6.58. The van der Waals surface area contributed by atoms with Crippen LogP contribution in [0.3, 0.4) is 0 Å². The van der Waals surface area contributed by atoms with Crippen LogP contribution in [0.1, 0.15) is 25.0 Å². The maximum Gasteiger partial charge on any atom is 0.344 e. The molecule has 1 aliphatic rings. The molecule has 1 heterocycles. The SMILES string of the molecule is CCOc1cc(/C=C2\C(=O)NC(=O)N(c3ccccc3C)C2=O)ccc1O[C@@H](C)C(=O)O. The maximum absolute atomic E-state index is 13.1. The molecule has 0 aromatic heterocycles. The third-order valence-electron chi connectivity index (χ3n) is 4.69. The van der Waals surface area contributed by atoms with Crippen molar-refractivity contribution in [3.05, 3.63) is 59.2 Å². The number of aryl methyl sites for hydroxylation is 1. The summed E-state index contributed by atoms with van der Waals surface area (Å²) in [5.74, 6) is -2.25. The van der Waals surface area contributed by atoms with Gasteiger partial charge < -0.3 is 14.6 Å². The van der Waals surface area contributed by atoms with Gasteiger partial charge in [0.05, 0.1) is 12.3 Å². The lowest BCUT2D eigenvalue weighted by atomic mass is 10.1. The number of benzene rings is 2. The lowest BCUT2D eigenvalue weighted by Crippen LogP contribution is -2.54. The van der Waals surface area contributed by atoms with E-state index in [0.29, 0.717) is 16.8 Å². The Bertz CT molecular complexity index is 1120. The molecule has 0 spiro atoms. The van der Waals surface area contributed by atoms with E-state index in [0.717, 1.165) is 4.90 Å². The van der Waals surface area contributed by atoms with Gasteiger partial charge in [-0.25, -0.2) is 14.5 Å². The second kappa shape index (κ2) is 9.34. The topological polar surface area (TPSA) is 122 Å². The van der Waals surface area contributed by atoms with E-state index in [2.05, 4.69) is 5.32 Å².